The van der Waals surface area contributed by atoms with Crippen molar-refractivity contribution in [3.63, 3.8) is 0 Å². The van der Waals surface area contributed by atoms with Crippen LogP contribution in [0.4, 0.5) is 11.4 Å². The highest BCUT2D eigenvalue weighted by Gasteiger charge is 2.33. The number of nitrogens with two attached hydrogens (primary N) is 1. The van der Waals surface area contributed by atoms with Gasteiger partial charge in [-0.25, -0.2) is 0 Å². The summed E-state index contributed by atoms with van der Waals surface area (Å²) in [5, 5.41) is 6.30. The zero-order valence-corrected chi connectivity index (χ0v) is 25.1. The molecule has 1 fully saturated rings. The molecule has 2 unspecified atom stereocenters. The molecule has 44 heavy (non-hydrogen) atoms. The lowest BCUT2D eigenvalue weighted by molar-refractivity contribution is -0.124. The van der Waals surface area contributed by atoms with Crippen LogP contribution in [-0.4, -0.2) is 35.8 Å². The van der Waals surface area contributed by atoms with Gasteiger partial charge in [0.2, 0.25) is 5.91 Å². The van der Waals surface area contributed by atoms with Gasteiger partial charge in [-0.05, 0) is 93.3 Å². The van der Waals surface area contributed by atoms with Crippen LogP contribution in [0.25, 0.3) is 11.3 Å². The van der Waals surface area contributed by atoms with Crippen LogP contribution in [0, 0.1) is 5.41 Å². The van der Waals surface area contributed by atoms with Gasteiger partial charge in [-0.3, -0.25) is 19.4 Å². The summed E-state index contributed by atoms with van der Waals surface area (Å²) >= 11 is 0. The summed E-state index contributed by atoms with van der Waals surface area (Å²) in [5.41, 5.74) is 11.1. The summed E-state index contributed by atoms with van der Waals surface area (Å²) < 4.78 is 0. The molecule has 0 spiro atoms. The Morgan fingerprint density at radius 2 is 1.80 bits per heavy atom. The van der Waals surface area contributed by atoms with E-state index in [4.69, 9.17) is 5.73 Å². The largest absolute Gasteiger partial charge is 0.372 e. The number of carbonyl (C=O) groups excluding carboxylic acids is 3. The molecule has 1 aliphatic heterocycles. The second kappa shape index (κ2) is 12.5. The minimum atomic E-state index is -0.926. The van der Waals surface area contributed by atoms with Crippen LogP contribution < -0.4 is 21.3 Å². The van der Waals surface area contributed by atoms with E-state index in [1.54, 1.807) is 43.5 Å². The van der Waals surface area contributed by atoms with Gasteiger partial charge >= 0.3 is 0 Å². The van der Waals surface area contributed by atoms with Crippen molar-refractivity contribution in [2.45, 2.75) is 57.9 Å². The van der Waals surface area contributed by atoms with E-state index >= 15 is 0 Å². The summed E-state index contributed by atoms with van der Waals surface area (Å²) in [5.74, 6) is -0.939. The molecule has 0 radical (unpaired) electrons. The Labute approximate surface area is 258 Å². The summed E-state index contributed by atoms with van der Waals surface area (Å²) in [4.78, 5) is 46.1. The molecular weight excluding hydrogens is 550 g/mol. The molecule has 6 rings (SSSR count). The molecule has 8 heteroatoms. The Hall–Kier alpha value is -4.72. The Bertz CT molecular complexity index is 1650. The lowest BCUT2D eigenvalue weighted by Gasteiger charge is -2.30. The van der Waals surface area contributed by atoms with E-state index in [9.17, 15) is 14.4 Å². The van der Waals surface area contributed by atoms with Gasteiger partial charge in [-0.2, -0.15) is 0 Å². The molecule has 1 aromatic heterocycles. The number of pyridine rings is 1. The van der Waals surface area contributed by atoms with Crippen LogP contribution in [0.2, 0.25) is 0 Å². The van der Waals surface area contributed by atoms with Gasteiger partial charge in [-0.1, -0.05) is 42.5 Å². The standard InChI is InChI=1S/C36H39N5O3/c1-36(35(37)44)17-8-11-26(23-36)34(43)40-31-15-14-27(41-19-5-2-6-20-41)22-29(31)32-21-25(16-18-38-32)33(42)39-30-13-7-10-24-9-3-4-12-28(24)30/h3-4,8-9,11-12,14-18,21-22,30H,2,5-7,10,13,19-20,23H2,1H3,(H2,37,44)(H,39,42)(H,40,43). The van der Waals surface area contributed by atoms with Crippen molar-refractivity contribution < 1.29 is 14.4 Å². The Morgan fingerprint density at radius 1 is 0.977 bits per heavy atom. The monoisotopic (exact) mass is 589 g/mol. The first-order valence-electron chi connectivity index (χ1n) is 15.5. The topological polar surface area (TPSA) is 117 Å². The number of aryl methyl sites for hydroxylation is 1. The Morgan fingerprint density at radius 3 is 2.61 bits per heavy atom. The maximum absolute atomic E-state index is 13.5. The van der Waals surface area contributed by atoms with Gasteiger partial charge in [0, 0.05) is 41.7 Å². The predicted molar refractivity (Wildman–Crippen MR) is 173 cm³/mol. The molecule has 2 aromatic carbocycles. The van der Waals surface area contributed by atoms with Crippen LogP contribution >= 0.6 is 0 Å². The van der Waals surface area contributed by atoms with Crippen LogP contribution in [0.5, 0.6) is 0 Å². The average Bonchev–Trinajstić information content (AvgIpc) is 3.05. The molecule has 3 aromatic rings. The zero-order chi connectivity index (χ0) is 30.7. The number of hydrogen-bond donors (Lipinski definition) is 3. The number of allylic oxidation sites excluding steroid dienone is 2. The summed E-state index contributed by atoms with van der Waals surface area (Å²) in [6, 6.07) is 17.7. The highest BCUT2D eigenvalue weighted by atomic mass is 16.2. The number of primary amides is 1. The number of aromatic nitrogens is 1. The van der Waals surface area contributed by atoms with Crippen molar-refractivity contribution in [1.29, 1.82) is 0 Å². The smallest absolute Gasteiger partial charge is 0.251 e. The average molecular weight is 590 g/mol. The minimum absolute atomic E-state index is 0.0368. The fraction of sp³-hybridized carbons (Fsp3) is 0.333. The molecule has 4 N–H and O–H groups in total. The summed E-state index contributed by atoms with van der Waals surface area (Å²) in [7, 11) is 0. The van der Waals surface area contributed by atoms with Crippen LogP contribution in [0.15, 0.2) is 84.6 Å². The quantitative estimate of drug-likeness (QED) is 0.319. The van der Waals surface area contributed by atoms with E-state index in [0.717, 1.165) is 56.4 Å². The van der Waals surface area contributed by atoms with Crippen molar-refractivity contribution in [2.75, 3.05) is 23.3 Å². The third-order valence-corrected chi connectivity index (χ3v) is 9.12. The van der Waals surface area contributed by atoms with Gasteiger partial charge < -0.3 is 21.3 Å². The van der Waals surface area contributed by atoms with E-state index < -0.39 is 11.3 Å². The number of benzene rings is 2. The summed E-state index contributed by atoms with van der Waals surface area (Å²) in [6.45, 7) is 3.67. The second-order valence-electron chi connectivity index (χ2n) is 12.3. The lowest BCUT2D eigenvalue weighted by Crippen LogP contribution is -2.35. The fourth-order valence-electron chi connectivity index (χ4n) is 6.48. The zero-order valence-electron chi connectivity index (χ0n) is 25.1. The molecule has 2 heterocycles. The number of nitrogens with one attached hydrogen (secondary N) is 2. The second-order valence-corrected chi connectivity index (χ2v) is 12.3. The Balaban J connectivity index is 1.29. The van der Waals surface area contributed by atoms with Crippen LogP contribution in [0.3, 0.4) is 0 Å². The van der Waals surface area contributed by atoms with Crippen molar-refractivity contribution in [2.24, 2.45) is 11.1 Å². The Kier molecular flexibility index (Phi) is 8.33. The summed E-state index contributed by atoms with van der Waals surface area (Å²) in [6.07, 6.45) is 13.4. The fourth-order valence-corrected chi connectivity index (χ4v) is 6.48. The van der Waals surface area contributed by atoms with E-state index in [1.807, 2.05) is 30.3 Å². The number of carbonyl (C=O) groups is 3. The molecule has 1 saturated heterocycles. The van der Waals surface area contributed by atoms with Crippen molar-refractivity contribution >= 4 is 29.1 Å². The third-order valence-electron chi connectivity index (χ3n) is 9.12. The number of amides is 3. The van der Waals surface area contributed by atoms with Crippen LogP contribution in [-0.2, 0) is 16.0 Å². The molecule has 2 atom stereocenters. The van der Waals surface area contributed by atoms with Crippen molar-refractivity contribution in [3.05, 3.63) is 101 Å². The van der Waals surface area contributed by atoms with Gasteiger partial charge in [0.15, 0.2) is 0 Å². The van der Waals surface area contributed by atoms with Gasteiger partial charge in [0.05, 0.1) is 22.8 Å². The highest BCUT2D eigenvalue weighted by Crippen LogP contribution is 2.36. The van der Waals surface area contributed by atoms with E-state index in [-0.39, 0.29) is 24.3 Å². The number of hydrogen-bond acceptors (Lipinski definition) is 5. The minimum Gasteiger partial charge on any atom is -0.372 e. The maximum atomic E-state index is 13.5. The number of nitrogens with zero attached hydrogens (tertiary/aromatic N) is 2. The number of fused-ring (bicyclic) bond motifs is 1. The molecule has 3 aliphatic rings. The van der Waals surface area contributed by atoms with Crippen molar-refractivity contribution in [3.8, 4) is 11.3 Å². The van der Waals surface area contributed by atoms with Gasteiger partial charge in [0.25, 0.3) is 11.8 Å². The van der Waals surface area contributed by atoms with E-state index in [1.165, 1.54) is 17.5 Å². The van der Waals surface area contributed by atoms with Gasteiger partial charge in [-0.15, -0.1) is 0 Å². The van der Waals surface area contributed by atoms with Crippen molar-refractivity contribution in [1.82, 2.24) is 10.3 Å². The molecule has 0 bridgehead atoms. The van der Waals surface area contributed by atoms with Gasteiger partial charge in [0.1, 0.15) is 0 Å². The lowest BCUT2D eigenvalue weighted by atomic mass is 9.79. The van der Waals surface area contributed by atoms with Crippen LogP contribution in [0.1, 0.15) is 73.0 Å². The third kappa shape index (κ3) is 6.16. The molecule has 3 amide bonds. The number of rotatable bonds is 7. The predicted octanol–water partition coefficient (Wildman–Crippen LogP) is 5.86. The maximum Gasteiger partial charge on any atom is 0.251 e. The van der Waals surface area contributed by atoms with E-state index in [2.05, 4.69) is 32.7 Å². The highest BCUT2D eigenvalue weighted by molar-refractivity contribution is 6.07. The molecule has 0 saturated carbocycles. The molecule has 2 aliphatic carbocycles. The molecule has 8 nitrogen and oxygen atoms in total. The first-order chi connectivity index (χ1) is 21.3. The molecular formula is C36H39N5O3. The first-order valence-corrected chi connectivity index (χ1v) is 15.5. The first kappa shape index (κ1) is 29.4. The van der Waals surface area contributed by atoms with E-state index in [0.29, 0.717) is 22.5 Å². The normalized spacial score (nSPS) is 21.2. The number of piperidine rings is 1. The number of anilines is 2. The SMILES string of the molecule is CC1(C(N)=O)C=CC=C(C(=O)Nc2ccc(N3CCCCC3)cc2-c2cc(C(=O)NC3CCCc4ccccc43)ccn2)C1. The molecule has 226 valence electrons.